The minimum Gasteiger partial charge on any atom is -0.484 e. The van der Waals surface area contributed by atoms with E-state index in [9.17, 15) is 14.7 Å². The van der Waals surface area contributed by atoms with Gasteiger partial charge in [-0.1, -0.05) is 60.7 Å². The highest BCUT2D eigenvalue weighted by atomic mass is 16.5. The fourth-order valence-electron chi connectivity index (χ4n) is 2.92. The number of aliphatic hydroxyl groups is 1. The molecule has 8 nitrogen and oxygen atoms in total. The maximum atomic E-state index is 13.0. The zero-order valence-corrected chi connectivity index (χ0v) is 16.5. The lowest BCUT2D eigenvalue weighted by atomic mass is 10.1. The van der Waals surface area contributed by atoms with Gasteiger partial charge in [0.15, 0.2) is 11.4 Å². The van der Waals surface area contributed by atoms with Crippen LogP contribution in [0.15, 0.2) is 60.7 Å². The van der Waals surface area contributed by atoms with Crippen molar-refractivity contribution in [2.75, 3.05) is 13.6 Å². The molecule has 0 spiro atoms. The first-order chi connectivity index (χ1) is 14.6. The summed E-state index contributed by atoms with van der Waals surface area (Å²) in [6.45, 7) is 0.471. The molecule has 3 rings (SSSR count). The Kier molecular flexibility index (Phi) is 7.18. The van der Waals surface area contributed by atoms with Gasteiger partial charge in [-0.2, -0.15) is 5.10 Å². The van der Waals surface area contributed by atoms with E-state index in [4.69, 9.17) is 9.47 Å². The highest BCUT2D eigenvalue weighted by molar-refractivity contribution is 5.95. The molecule has 0 aliphatic rings. The van der Waals surface area contributed by atoms with Crippen LogP contribution >= 0.6 is 0 Å². The Morgan fingerprint density at radius 3 is 2.47 bits per heavy atom. The fraction of sp³-hybridized carbons (Fsp3) is 0.227. The first kappa shape index (κ1) is 21.1. The lowest BCUT2D eigenvalue weighted by Gasteiger charge is -2.21. The summed E-state index contributed by atoms with van der Waals surface area (Å²) in [5.74, 6) is -0.190. The van der Waals surface area contributed by atoms with E-state index in [1.54, 1.807) is 19.2 Å². The molecule has 2 N–H and O–H groups in total. The second-order valence-corrected chi connectivity index (χ2v) is 6.67. The van der Waals surface area contributed by atoms with Crippen LogP contribution in [0.3, 0.4) is 0 Å². The molecular formula is C22H23N3O5. The molecular weight excluding hydrogens is 386 g/mol. The summed E-state index contributed by atoms with van der Waals surface area (Å²) in [6, 6.07) is 18.5. The number of rotatable bonds is 10. The molecule has 0 radical (unpaired) electrons. The molecule has 156 valence electrons. The lowest BCUT2D eigenvalue weighted by molar-refractivity contribution is -0.129. The maximum Gasteiger partial charge on any atom is 0.293 e. The Morgan fingerprint density at radius 1 is 1.13 bits per heavy atom. The SMILES string of the molecule is CN(C[C@H](O)c1ccccc1)C(=O)c1[nH]nc(COC=O)c1OCc1ccccc1. The van der Waals surface area contributed by atoms with Crippen molar-refractivity contribution in [2.24, 2.45) is 0 Å². The van der Waals surface area contributed by atoms with Crippen LogP contribution in [0.1, 0.15) is 33.4 Å². The number of H-pyrrole nitrogens is 1. The Hall–Kier alpha value is -3.65. The average Bonchev–Trinajstić information content (AvgIpc) is 3.19. The molecule has 0 aliphatic heterocycles. The van der Waals surface area contributed by atoms with Crippen molar-refractivity contribution in [3.8, 4) is 5.75 Å². The number of nitrogens with one attached hydrogen (secondary N) is 1. The van der Waals surface area contributed by atoms with E-state index < -0.39 is 12.0 Å². The van der Waals surface area contributed by atoms with Crippen molar-refractivity contribution < 1.29 is 24.2 Å². The van der Waals surface area contributed by atoms with Gasteiger partial charge in [0.2, 0.25) is 0 Å². The van der Waals surface area contributed by atoms with Gasteiger partial charge in [-0.25, -0.2) is 0 Å². The number of benzene rings is 2. The number of carbonyl (C=O) groups excluding carboxylic acids is 2. The van der Waals surface area contributed by atoms with Crippen LogP contribution in [0.25, 0.3) is 0 Å². The van der Waals surface area contributed by atoms with Gasteiger partial charge in [0.25, 0.3) is 12.4 Å². The minimum absolute atomic E-state index is 0.0835. The first-order valence-electron chi connectivity index (χ1n) is 9.37. The molecule has 0 saturated heterocycles. The normalized spacial score (nSPS) is 11.5. The van der Waals surface area contributed by atoms with Gasteiger partial charge in [-0.05, 0) is 11.1 Å². The molecule has 1 atom stereocenters. The van der Waals surface area contributed by atoms with Crippen LogP contribution in [-0.4, -0.2) is 46.2 Å². The molecule has 0 bridgehead atoms. The first-order valence-corrected chi connectivity index (χ1v) is 9.37. The largest absolute Gasteiger partial charge is 0.484 e. The van der Waals surface area contributed by atoms with E-state index in [0.717, 1.165) is 5.56 Å². The van der Waals surface area contributed by atoms with Crippen LogP contribution in [0.5, 0.6) is 5.75 Å². The number of hydrogen-bond acceptors (Lipinski definition) is 6. The standard InChI is InChI=1S/C22H23N3O5/c1-25(12-19(27)17-10-6-3-7-11-17)22(28)20-21(18(23-24-20)14-29-15-26)30-13-16-8-4-2-5-9-16/h2-11,15,19,27H,12-14H2,1H3,(H,23,24)/t19-/m0/s1. The third-order valence-electron chi connectivity index (χ3n) is 4.50. The fourth-order valence-corrected chi connectivity index (χ4v) is 2.92. The Balaban J connectivity index is 1.76. The third-order valence-corrected chi connectivity index (χ3v) is 4.50. The number of amides is 1. The molecule has 1 aromatic heterocycles. The van der Waals surface area contributed by atoms with Crippen molar-refractivity contribution in [2.45, 2.75) is 19.3 Å². The predicted octanol–water partition coefficient (Wildman–Crippen LogP) is 2.47. The molecule has 0 fully saturated rings. The summed E-state index contributed by atoms with van der Waals surface area (Å²) in [5, 5.41) is 17.2. The average molecular weight is 409 g/mol. The quantitative estimate of drug-likeness (QED) is 0.499. The zero-order valence-electron chi connectivity index (χ0n) is 16.5. The number of aliphatic hydroxyl groups excluding tert-OH is 1. The number of aromatic amines is 1. The number of nitrogens with zero attached hydrogens (tertiary/aromatic N) is 2. The van der Waals surface area contributed by atoms with Crippen molar-refractivity contribution in [1.29, 1.82) is 0 Å². The van der Waals surface area contributed by atoms with Gasteiger partial charge in [0.05, 0.1) is 12.6 Å². The van der Waals surface area contributed by atoms with Crippen molar-refractivity contribution in [3.05, 3.63) is 83.2 Å². The van der Waals surface area contributed by atoms with Crippen molar-refractivity contribution in [3.63, 3.8) is 0 Å². The molecule has 30 heavy (non-hydrogen) atoms. The highest BCUT2D eigenvalue weighted by Crippen LogP contribution is 2.25. The van der Waals surface area contributed by atoms with Crippen molar-refractivity contribution >= 4 is 12.4 Å². The molecule has 3 aromatic rings. The topological polar surface area (TPSA) is 105 Å². The summed E-state index contributed by atoms with van der Waals surface area (Å²) in [7, 11) is 1.58. The van der Waals surface area contributed by atoms with Crippen LogP contribution < -0.4 is 4.74 Å². The Morgan fingerprint density at radius 2 is 1.80 bits per heavy atom. The summed E-state index contributed by atoms with van der Waals surface area (Å²) < 4.78 is 10.6. The van der Waals surface area contributed by atoms with Gasteiger partial charge in [0.1, 0.15) is 18.9 Å². The minimum atomic E-state index is -0.838. The number of likely N-dealkylation sites (N-methyl/N-ethyl adjacent to an activating group) is 1. The Labute approximate surface area is 174 Å². The molecule has 1 heterocycles. The molecule has 2 aromatic carbocycles. The number of ether oxygens (including phenoxy) is 2. The van der Waals surface area contributed by atoms with E-state index >= 15 is 0 Å². The number of carbonyl (C=O) groups is 2. The summed E-state index contributed by atoms with van der Waals surface area (Å²) in [6.07, 6.45) is -0.838. The van der Waals surface area contributed by atoms with Gasteiger partial charge in [-0.15, -0.1) is 0 Å². The van der Waals surface area contributed by atoms with Crippen LogP contribution in [0.2, 0.25) is 0 Å². The molecule has 1 amide bonds. The third kappa shape index (κ3) is 5.24. The smallest absolute Gasteiger partial charge is 0.293 e. The second-order valence-electron chi connectivity index (χ2n) is 6.67. The second kappa shape index (κ2) is 10.2. The predicted molar refractivity (Wildman–Crippen MR) is 109 cm³/mol. The summed E-state index contributed by atoms with van der Waals surface area (Å²) >= 11 is 0. The van der Waals surface area contributed by atoms with E-state index in [2.05, 4.69) is 10.2 Å². The number of hydrogen-bond donors (Lipinski definition) is 2. The van der Waals surface area contributed by atoms with E-state index in [1.807, 2.05) is 48.5 Å². The van der Waals surface area contributed by atoms with Crippen LogP contribution in [0, 0.1) is 0 Å². The highest BCUT2D eigenvalue weighted by Gasteiger charge is 2.25. The van der Waals surface area contributed by atoms with Gasteiger partial charge in [-0.3, -0.25) is 14.7 Å². The molecule has 0 aliphatic carbocycles. The van der Waals surface area contributed by atoms with Crippen LogP contribution in [0.4, 0.5) is 0 Å². The Bertz CT molecular complexity index is 959. The van der Waals surface area contributed by atoms with E-state index in [-0.39, 0.29) is 31.2 Å². The maximum absolute atomic E-state index is 13.0. The molecule has 0 unspecified atom stereocenters. The molecule has 0 saturated carbocycles. The van der Waals surface area contributed by atoms with E-state index in [0.29, 0.717) is 17.7 Å². The molecule has 8 heteroatoms. The van der Waals surface area contributed by atoms with Gasteiger partial charge < -0.3 is 19.5 Å². The lowest BCUT2D eigenvalue weighted by Crippen LogP contribution is -2.31. The van der Waals surface area contributed by atoms with Crippen LogP contribution in [-0.2, 0) is 22.7 Å². The summed E-state index contributed by atoms with van der Waals surface area (Å²) in [4.78, 5) is 24.9. The summed E-state index contributed by atoms with van der Waals surface area (Å²) in [5.41, 5.74) is 2.05. The zero-order chi connectivity index (χ0) is 21.3. The van der Waals surface area contributed by atoms with Gasteiger partial charge in [0, 0.05) is 7.05 Å². The van der Waals surface area contributed by atoms with Gasteiger partial charge >= 0.3 is 0 Å². The monoisotopic (exact) mass is 409 g/mol. The van der Waals surface area contributed by atoms with Crippen molar-refractivity contribution in [1.82, 2.24) is 15.1 Å². The number of aromatic nitrogens is 2. The van der Waals surface area contributed by atoms with E-state index in [1.165, 1.54) is 4.90 Å².